The minimum absolute atomic E-state index is 0.0472. The number of piperidine rings is 1. The van der Waals surface area contributed by atoms with Gasteiger partial charge < -0.3 is 9.47 Å². The second-order valence-corrected chi connectivity index (χ2v) is 7.56. The average molecular weight is 383 g/mol. The van der Waals surface area contributed by atoms with Gasteiger partial charge in [-0.3, -0.25) is 9.69 Å². The maximum absolute atomic E-state index is 13.2. The number of likely N-dealkylation sites (tertiary alicyclic amines) is 1. The summed E-state index contributed by atoms with van der Waals surface area (Å²) >= 11 is 0. The van der Waals surface area contributed by atoms with Crippen molar-refractivity contribution in [3.8, 4) is 11.5 Å². The third kappa shape index (κ3) is 4.36. The lowest BCUT2D eigenvalue weighted by Gasteiger charge is -2.35. The van der Waals surface area contributed by atoms with E-state index < -0.39 is 0 Å². The summed E-state index contributed by atoms with van der Waals surface area (Å²) in [7, 11) is 0. The van der Waals surface area contributed by atoms with E-state index in [1.54, 1.807) is 12.1 Å². The van der Waals surface area contributed by atoms with Crippen LogP contribution in [0.25, 0.3) is 0 Å². The van der Waals surface area contributed by atoms with E-state index in [0.717, 1.165) is 56.7 Å². The van der Waals surface area contributed by atoms with Gasteiger partial charge in [-0.1, -0.05) is 18.6 Å². The van der Waals surface area contributed by atoms with Crippen molar-refractivity contribution in [2.75, 3.05) is 19.7 Å². The molecule has 4 rings (SSSR count). The number of ether oxygens (including phenoxy) is 2. The van der Waals surface area contributed by atoms with E-state index >= 15 is 0 Å². The predicted octanol–water partition coefficient (Wildman–Crippen LogP) is 4.48. The Labute approximate surface area is 165 Å². The van der Waals surface area contributed by atoms with Gasteiger partial charge in [0.2, 0.25) is 0 Å². The molecule has 0 saturated carbocycles. The summed E-state index contributed by atoms with van der Waals surface area (Å²) in [6, 6.07) is 13.5. The fraction of sp³-hybridized carbons (Fsp3) is 0.435. The predicted molar refractivity (Wildman–Crippen MR) is 106 cm³/mol. The first-order valence-corrected chi connectivity index (χ1v) is 10.1. The topological polar surface area (TPSA) is 38.8 Å². The second-order valence-electron chi connectivity index (χ2n) is 7.56. The van der Waals surface area contributed by atoms with Gasteiger partial charge in [-0.25, -0.2) is 4.39 Å². The molecule has 0 bridgehead atoms. The summed E-state index contributed by atoms with van der Waals surface area (Å²) in [5, 5.41) is 0. The van der Waals surface area contributed by atoms with Crippen LogP contribution >= 0.6 is 0 Å². The molecule has 4 nitrogen and oxygen atoms in total. The van der Waals surface area contributed by atoms with Crippen LogP contribution in [0.3, 0.4) is 0 Å². The molecule has 1 saturated heterocycles. The molecule has 5 heteroatoms. The van der Waals surface area contributed by atoms with Crippen molar-refractivity contribution in [1.29, 1.82) is 0 Å². The lowest BCUT2D eigenvalue weighted by molar-refractivity contribution is 0.0665. The van der Waals surface area contributed by atoms with Crippen LogP contribution in [0.2, 0.25) is 0 Å². The Hall–Kier alpha value is -2.40. The van der Waals surface area contributed by atoms with E-state index in [2.05, 4.69) is 4.90 Å². The summed E-state index contributed by atoms with van der Waals surface area (Å²) in [4.78, 5) is 15.2. The third-order valence-corrected chi connectivity index (χ3v) is 5.58. The summed E-state index contributed by atoms with van der Waals surface area (Å²) in [6.07, 6.45) is 4.93. The molecule has 1 fully saturated rings. The summed E-state index contributed by atoms with van der Waals surface area (Å²) in [6.45, 7) is 2.36. The first kappa shape index (κ1) is 18.9. The SMILES string of the molecule is O=C(c1ccc(F)cc1)C1CCCCN1CCCC1COc2ccccc2O1. The van der Waals surface area contributed by atoms with Crippen LogP contribution in [0, 0.1) is 5.82 Å². The lowest BCUT2D eigenvalue weighted by Crippen LogP contribution is -2.45. The maximum Gasteiger partial charge on any atom is 0.179 e. The van der Waals surface area contributed by atoms with Crippen molar-refractivity contribution in [3.05, 3.63) is 59.9 Å². The number of hydrogen-bond donors (Lipinski definition) is 0. The van der Waals surface area contributed by atoms with Crippen molar-refractivity contribution >= 4 is 5.78 Å². The van der Waals surface area contributed by atoms with Crippen LogP contribution in [0.4, 0.5) is 4.39 Å². The molecule has 2 aliphatic rings. The molecule has 148 valence electrons. The Morgan fingerprint density at radius 2 is 1.86 bits per heavy atom. The van der Waals surface area contributed by atoms with Crippen molar-refractivity contribution in [2.24, 2.45) is 0 Å². The van der Waals surface area contributed by atoms with Crippen molar-refractivity contribution in [3.63, 3.8) is 0 Å². The van der Waals surface area contributed by atoms with Gasteiger partial charge in [-0.2, -0.15) is 0 Å². The van der Waals surface area contributed by atoms with Crippen LogP contribution in [0.1, 0.15) is 42.5 Å². The molecule has 28 heavy (non-hydrogen) atoms. The Morgan fingerprint density at radius 1 is 1.07 bits per heavy atom. The molecule has 2 aliphatic heterocycles. The lowest BCUT2D eigenvalue weighted by atomic mass is 9.94. The zero-order valence-electron chi connectivity index (χ0n) is 16.0. The number of para-hydroxylation sites is 2. The molecule has 0 aromatic heterocycles. The number of hydrogen-bond acceptors (Lipinski definition) is 4. The summed E-state index contributed by atoms with van der Waals surface area (Å²) in [5.74, 6) is 1.40. The summed E-state index contributed by atoms with van der Waals surface area (Å²) in [5.41, 5.74) is 0.596. The molecule has 2 heterocycles. The first-order chi connectivity index (χ1) is 13.7. The van der Waals surface area contributed by atoms with E-state index in [-0.39, 0.29) is 23.7 Å². The average Bonchev–Trinajstić information content (AvgIpc) is 2.74. The second kappa shape index (κ2) is 8.74. The molecule has 2 aromatic rings. The van der Waals surface area contributed by atoms with Crippen LogP contribution in [-0.4, -0.2) is 42.5 Å². The molecule has 2 atom stereocenters. The van der Waals surface area contributed by atoms with Crippen molar-refractivity contribution < 1.29 is 18.7 Å². The maximum atomic E-state index is 13.2. The smallest absolute Gasteiger partial charge is 0.179 e. The van der Waals surface area contributed by atoms with E-state index in [4.69, 9.17) is 9.47 Å². The van der Waals surface area contributed by atoms with E-state index in [9.17, 15) is 9.18 Å². The zero-order valence-corrected chi connectivity index (χ0v) is 16.0. The van der Waals surface area contributed by atoms with Gasteiger partial charge in [-0.05, 0) is 75.2 Å². The van der Waals surface area contributed by atoms with Crippen molar-refractivity contribution in [2.45, 2.75) is 44.2 Å². The van der Waals surface area contributed by atoms with E-state index in [1.807, 2.05) is 24.3 Å². The monoisotopic (exact) mass is 383 g/mol. The minimum Gasteiger partial charge on any atom is -0.486 e. The van der Waals surface area contributed by atoms with Gasteiger partial charge >= 0.3 is 0 Å². The Balaban J connectivity index is 1.32. The molecule has 0 radical (unpaired) electrons. The highest BCUT2D eigenvalue weighted by atomic mass is 19.1. The molecular weight excluding hydrogens is 357 g/mol. The quantitative estimate of drug-likeness (QED) is 0.690. The number of halogens is 1. The number of carbonyl (C=O) groups excluding carboxylic acids is 1. The largest absolute Gasteiger partial charge is 0.486 e. The number of fused-ring (bicyclic) bond motifs is 1. The van der Waals surface area contributed by atoms with Gasteiger partial charge in [0.05, 0.1) is 6.04 Å². The van der Waals surface area contributed by atoms with Crippen LogP contribution < -0.4 is 9.47 Å². The standard InChI is InChI=1S/C23H26FNO3/c24-18-12-10-17(11-13-18)23(26)20-7-3-4-14-25(20)15-5-6-19-16-27-21-8-1-2-9-22(21)28-19/h1-2,8-13,19-20H,3-7,14-16H2. The van der Waals surface area contributed by atoms with Gasteiger partial charge in [0.25, 0.3) is 0 Å². The number of benzene rings is 2. The number of rotatable bonds is 6. The van der Waals surface area contributed by atoms with E-state index in [0.29, 0.717) is 12.2 Å². The number of ketones is 1. The summed E-state index contributed by atoms with van der Waals surface area (Å²) < 4.78 is 25.0. The van der Waals surface area contributed by atoms with Gasteiger partial charge in [0.1, 0.15) is 18.5 Å². The normalized spacial score (nSPS) is 22.0. The molecule has 2 aromatic carbocycles. The minimum atomic E-state index is -0.312. The molecular formula is C23H26FNO3. The number of carbonyl (C=O) groups is 1. The Bertz CT molecular complexity index is 808. The fourth-order valence-electron chi connectivity index (χ4n) is 4.09. The van der Waals surface area contributed by atoms with Gasteiger partial charge in [0.15, 0.2) is 17.3 Å². The number of Topliss-reactive ketones (excluding diaryl/α,β-unsaturated/α-hetero) is 1. The Kier molecular flexibility index (Phi) is 5.91. The molecule has 0 aliphatic carbocycles. The molecule has 0 N–H and O–H groups in total. The molecule has 0 amide bonds. The highest BCUT2D eigenvalue weighted by Crippen LogP contribution is 2.32. The highest BCUT2D eigenvalue weighted by Gasteiger charge is 2.29. The van der Waals surface area contributed by atoms with Gasteiger partial charge in [0, 0.05) is 5.56 Å². The first-order valence-electron chi connectivity index (χ1n) is 10.1. The molecule has 2 unspecified atom stereocenters. The zero-order chi connectivity index (χ0) is 19.3. The van der Waals surface area contributed by atoms with Crippen LogP contribution in [0.5, 0.6) is 11.5 Å². The molecule has 0 spiro atoms. The third-order valence-electron chi connectivity index (χ3n) is 5.58. The van der Waals surface area contributed by atoms with Crippen molar-refractivity contribution in [1.82, 2.24) is 4.90 Å². The Morgan fingerprint density at radius 3 is 2.68 bits per heavy atom. The highest BCUT2D eigenvalue weighted by molar-refractivity contribution is 6.00. The number of nitrogens with zero attached hydrogens (tertiary/aromatic N) is 1. The van der Waals surface area contributed by atoms with Crippen LogP contribution in [-0.2, 0) is 0 Å². The van der Waals surface area contributed by atoms with E-state index in [1.165, 1.54) is 12.1 Å². The van der Waals surface area contributed by atoms with Crippen LogP contribution in [0.15, 0.2) is 48.5 Å². The fourth-order valence-corrected chi connectivity index (χ4v) is 4.09. The van der Waals surface area contributed by atoms with Gasteiger partial charge in [-0.15, -0.1) is 0 Å².